The van der Waals surface area contributed by atoms with Crippen LogP contribution >= 0.6 is 0 Å². The van der Waals surface area contributed by atoms with Crippen LogP contribution in [0.25, 0.3) is 0 Å². The summed E-state index contributed by atoms with van der Waals surface area (Å²) < 4.78 is 77.8. The van der Waals surface area contributed by atoms with Gasteiger partial charge in [-0.3, -0.25) is 0 Å². The monoisotopic (exact) mass is 789 g/mol. The number of hydrogen-bond acceptors (Lipinski definition) is 3. The van der Waals surface area contributed by atoms with E-state index in [1.54, 1.807) is 0 Å². The molecule has 2 N–H and O–H groups in total. The van der Waals surface area contributed by atoms with E-state index in [0.29, 0.717) is 58.8 Å². The van der Waals surface area contributed by atoms with Crippen LogP contribution in [0.3, 0.4) is 0 Å². The van der Waals surface area contributed by atoms with Gasteiger partial charge in [-0.25, -0.2) is 0 Å². The van der Waals surface area contributed by atoms with E-state index in [1.165, 1.54) is 23.6 Å². The van der Waals surface area contributed by atoms with E-state index in [0.717, 1.165) is 50.5 Å². The van der Waals surface area contributed by atoms with Crippen molar-refractivity contribution in [2.45, 2.75) is 165 Å². The molecule has 1 aromatic carbocycles. The number of aliphatic hydroxyl groups excluding tert-OH is 1. The number of aliphatic hydroxyl groups is 1. The number of halogens is 5. The van der Waals surface area contributed by atoms with Crippen molar-refractivity contribution in [1.82, 2.24) is 0 Å². The van der Waals surface area contributed by atoms with E-state index in [4.69, 9.17) is 0 Å². The number of hydrogen-bond donors (Lipinski definition) is 2. The summed E-state index contributed by atoms with van der Waals surface area (Å²) >= 11 is -1.46. The molecule has 0 amide bonds. The van der Waals surface area contributed by atoms with Gasteiger partial charge in [0.2, 0.25) is 0 Å². The third-order valence-electron chi connectivity index (χ3n) is 15.6. The van der Waals surface area contributed by atoms with Crippen molar-refractivity contribution in [1.29, 1.82) is 0 Å². The predicted molar refractivity (Wildman–Crippen MR) is 212 cm³/mol. The Labute approximate surface area is 327 Å². The van der Waals surface area contributed by atoms with E-state index in [-0.39, 0.29) is 34.0 Å². The Balaban J connectivity index is 1.48. The lowest BCUT2D eigenvalue weighted by atomic mass is 9.34. The molecule has 4 rings (SSSR count). The molecular weight excluding hydrogens is 716 g/mol. The van der Waals surface area contributed by atoms with E-state index < -0.39 is 35.6 Å². The second-order valence-corrected chi connectivity index (χ2v) is 22.0. The van der Waals surface area contributed by atoms with E-state index in [1.807, 2.05) is 13.8 Å². The molecule has 0 heterocycles. The van der Waals surface area contributed by atoms with E-state index >= 15 is 0 Å². The first-order valence-corrected chi connectivity index (χ1v) is 22.4. The largest absolute Gasteiger partial charge is 0.616 e. The number of phenolic OH excluding ortho intramolecular Hbond substituents is 1. The van der Waals surface area contributed by atoms with Crippen molar-refractivity contribution in [3.8, 4) is 5.75 Å². The normalized spacial score (nSPS) is 33.0. The summed E-state index contributed by atoms with van der Waals surface area (Å²) in [6.45, 7) is 29.0. The van der Waals surface area contributed by atoms with Gasteiger partial charge in [0, 0.05) is 23.7 Å². The fourth-order valence-electron chi connectivity index (χ4n) is 13.5. The Hall–Kier alpha value is -1.06. The summed E-state index contributed by atoms with van der Waals surface area (Å²) in [6.07, 6.45) is -0.450. The SMILES string of the molecule is Cc1c(O)cc2c(c1C)[C@H]1C(C)(C)C(C)[C@@]3(C(C)C)[C@@H](CC[C@@H]3O)[C@]1(C)[C@H](CC(C)CC(C)CC(C)CC(C)C[S+]([O-])CC(C)CC(F)(F)C(F)(F)F)C2. The van der Waals surface area contributed by atoms with Crippen molar-refractivity contribution >= 4 is 11.2 Å². The second kappa shape index (κ2) is 16.3. The van der Waals surface area contributed by atoms with Gasteiger partial charge in [-0.1, -0.05) is 87.3 Å². The Morgan fingerprint density at radius 2 is 1.37 bits per heavy atom. The topological polar surface area (TPSA) is 63.5 Å². The molecule has 3 aliphatic rings. The molecule has 1 aromatic rings. The molecule has 3 aliphatic carbocycles. The van der Waals surface area contributed by atoms with Gasteiger partial charge in [-0.2, -0.15) is 22.0 Å². The lowest BCUT2D eigenvalue weighted by Crippen LogP contribution is -2.66. The van der Waals surface area contributed by atoms with Gasteiger partial charge >= 0.3 is 12.1 Å². The molecule has 3 nitrogen and oxygen atoms in total. The van der Waals surface area contributed by atoms with Crippen LogP contribution in [-0.4, -0.2) is 44.5 Å². The van der Waals surface area contributed by atoms with Crippen LogP contribution in [-0.2, 0) is 17.6 Å². The molecule has 9 heteroatoms. The number of benzene rings is 1. The van der Waals surface area contributed by atoms with Crippen molar-refractivity contribution in [2.75, 3.05) is 11.5 Å². The lowest BCUT2D eigenvalue weighted by molar-refractivity contribution is -0.287. The van der Waals surface area contributed by atoms with Crippen LogP contribution in [0.2, 0.25) is 0 Å². The maximum atomic E-state index is 13.5. The molecule has 0 saturated heterocycles. The zero-order valence-corrected chi connectivity index (χ0v) is 36.4. The summed E-state index contributed by atoms with van der Waals surface area (Å²) in [5.74, 6) is -2.15. The van der Waals surface area contributed by atoms with Crippen LogP contribution in [0, 0.1) is 83.4 Å². The summed E-state index contributed by atoms with van der Waals surface area (Å²) in [7, 11) is 0. The van der Waals surface area contributed by atoms with Gasteiger partial charge in [0.15, 0.2) is 0 Å². The zero-order valence-electron chi connectivity index (χ0n) is 35.6. The second-order valence-electron chi connectivity index (χ2n) is 20.4. The number of fused-ring (bicyclic) bond motifs is 5. The molecule has 2 fully saturated rings. The van der Waals surface area contributed by atoms with Gasteiger partial charge in [0.05, 0.1) is 6.10 Å². The summed E-state index contributed by atoms with van der Waals surface area (Å²) in [5.41, 5.74) is 4.66. The van der Waals surface area contributed by atoms with E-state index in [2.05, 4.69) is 75.3 Å². The van der Waals surface area contributed by atoms with Crippen molar-refractivity contribution in [3.05, 3.63) is 28.3 Å². The molecular formula is C45H73F5O3S. The maximum absolute atomic E-state index is 13.5. The summed E-state index contributed by atoms with van der Waals surface area (Å²) in [4.78, 5) is 0. The first kappa shape index (κ1) is 45.6. The van der Waals surface area contributed by atoms with Crippen molar-refractivity contribution < 1.29 is 36.7 Å². The molecule has 7 unspecified atom stereocenters. The molecule has 13 atom stereocenters. The predicted octanol–water partition coefficient (Wildman–Crippen LogP) is 12.4. The van der Waals surface area contributed by atoms with Gasteiger partial charge in [-0.15, -0.1) is 0 Å². The van der Waals surface area contributed by atoms with Gasteiger partial charge in [0.1, 0.15) is 17.3 Å². The lowest BCUT2D eigenvalue weighted by Gasteiger charge is -2.70. The maximum Gasteiger partial charge on any atom is 0.453 e. The highest BCUT2D eigenvalue weighted by Gasteiger charge is 2.72. The molecule has 0 aromatic heterocycles. The molecule has 2 saturated carbocycles. The van der Waals surface area contributed by atoms with Crippen LogP contribution < -0.4 is 0 Å². The Kier molecular flexibility index (Phi) is 13.8. The highest BCUT2D eigenvalue weighted by atomic mass is 32.2. The molecule has 312 valence electrons. The van der Waals surface area contributed by atoms with Crippen molar-refractivity contribution in [3.63, 3.8) is 0 Å². The highest BCUT2D eigenvalue weighted by Crippen LogP contribution is 2.77. The first-order chi connectivity index (χ1) is 24.6. The van der Waals surface area contributed by atoms with Crippen LogP contribution in [0.15, 0.2) is 6.07 Å². The minimum atomic E-state index is -5.59. The average Bonchev–Trinajstić information content (AvgIpc) is 3.36. The standard InChI is InChI=1S/C45H73F5O3S/c1-25(2)44-33(10)41(11,12)40-39-32(9)31(8)36(51)21-34(39)20-35(42(40,13)37(44)14-15-38(44)52)19-28(5)17-26(3)16-27(4)18-29(6)23-54(53)24-30(7)22-43(46,47)45(48,49)50/h21,25-30,33,35,37-38,40,51-52H,14-20,22-24H2,1-13H3/t26?,27?,28?,29?,30?,33?,35-,37+,38+,40+,42+,44+,54?/m1/s1. The minimum Gasteiger partial charge on any atom is -0.616 e. The van der Waals surface area contributed by atoms with E-state index in [9.17, 15) is 36.7 Å². The van der Waals surface area contributed by atoms with Gasteiger partial charge < -0.3 is 14.8 Å². The zero-order chi connectivity index (χ0) is 41.1. The molecule has 0 aliphatic heterocycles. The van der Waals surface area contributed by atoms with Gasteiger partial charge in [-0.05, 0) is 145 Å². The number of aromatic hydroxyl groups is 1. The Bertz CT molecular complexity index is 1440. The number of alkyl halides is 5. The van der Waals surface area contributed by atoms with Crippen LogP contribution in [0.4, 0.5) is 22.0 Å². The molecule has 0 radical (unpaired) electrons. The molecule has 54 heavy (non-hydrogen) atoms. The van der Waals surface area contributed by atoms with Gasteiger partial charge in [0.25, 0.3) is 0 Å². The summed E-state index contributed by atoms with van der Waals surface area (Å²) in [6, 6.07) is 2.06. The smallest absolute Gasteiger partial charge is 0.453 e. The minimum absolute atomic E-state index is 0.0328. The fraction of sp³-hybridized carbons (Fsp3) is 0.867. The molecule has 0 spiro atoms. The third kappa shape index (κ3) is 8.27. The Morgan fingerprint density at radius 3 is 1.93 bits per heavy atom. The van der Waals surface area contributed by atoms with Crippen LogP contribution in [0.5, 0.6) is 5.75 Å². The summed E-state index contributed by atoms with van der Waals surface area (Å²) in [5, 5.41) is 23.0. The first-order valence-electron chi connectivity index (χ1n) is 20.9. The van der Waals surface area contributed by atoms with Crippen LogP contribution in [0.1, 0.15) is 149 Å². The quantitative estimate of drug-likeness (QED) is 0.137. The highest BCUT2D eigenvalue weighted by molar-refractivity contribution is 7.91. The number of rotatable bonds is 15. The average molecular weight is 789 g/mol. The fourth-order valence-corrected chi connectivity index (χ4v) is 15.1. The number of phenols is 1. The molecule has 0 bridgehead atoms. The Morgan fingerprint density at radius 1 is 0.833 bits per heavy atom. The third-order valence-corrected chi connectivity index (χ3v) is 17.5. The van der Waals surface area contributed by atoms with Crippen molar-refractivity contribution in [2.24, 2.45) is 69.5 Å².